The highest BCUT2D eigenvalue weighted by Crippen LogP contribution is 2.09. The summed E-state index contributed by atoms with van der Waals surface area (Å²) in [6.45, 7) is 7.20. The highest BCUT2D eigenvalue weighted by atomic mass is 16.5. The van der Waals surface area contributed by atoms with E-state index in [1.54, 1.807) is 7.11 Å². The Kier molecular flexibility index (Phi) is 6.33. The van der Waals surface area contributed by atoms with Gasteiger partial charge in [0.15, 0.2) is 0 Å². The average molecular weight is 266 g/mol. The first-order chi connectivity index (χ1) is 9.40. The van der Waals surface area contributed by atoms with E-state index in [0.717, 1.165) is 32.8 Å². The number of piperidine rings is 1. The quantitative estimate of drug-likeness (QED) is 0.716. The predicted octanol–water partition coefficient (Wildman–Crippen LogP) is 1.10. The molecule has 0 radical (unpaired) electrons. The van der Waals surface area contributed by atoms with Gasteiger partial charge in [-0.05, 0) is 25.9 Å². The summed E-state index contributed by atoms with van der Waals surface area (Å²) in [5.41, 5.74) is 1.26. The fourth-order valence-electron chi connectivity index (χ4n) is 2.52. The summed E-state index contributed by atoms with van der Waals surface area (Å²) in [6, 6.07) is 0. The lowest BCUT2D eigenvalue weighted by Crippen LogP contribution is -2.33. The number of likely N-dealkylation sites (tertiary alicyclic amines) is 1. The fraction of sp³-hybridized carbons (Fsp3) is 0.786. The van der Waals surface area contributed by atoms with Crippen LogP contribution in [0.3, 0.4) is 0 Å². The van der Waals surface area contributed by atoms with Gasteiger partial charge in [-0.2, -0.15) is 0 Å². The van der Waals surface area contributed by atoms with Crippen LogP contribution in [0.2, 0.25) is 0 Å². The van der Waals surface area contributed by atoms with Crippen molar-refractivity contribution in [2.75, 3.05) is 39.9 Å². The second kappa shape index (κ2) is 8.30. The van der Waals surface area contributed by atoms with E-state index in [4.69, 9.17) is 4.74 Å². The van der Waals surface area contributed by atoms with E-state index in [-0.39, 0.29) is 0 Å². The molecule has 1 aliphatic heterocycles. The van der Waals surface area contributed by atoms with Crippen molar-refractivity contribution in [2.45, 2.75) is 32.4 Å². The molecule has 0 aliphatic carbocycles. The summed E-state index contributed by atoms with van der Waals surface area (Å²) in [5.74, 6) is 0. The molecule has 0 atom stereocenters. The Hall–Kier alpha value is -0.910. The Bertz CT molecular complexity index is 347. The van der Waals surface area contributed by atoms with Gasteiger partial charge in [-0.25, -0.2) is 4.98 Å². The van der Waals surface area contributed by atoms with Gasteiger partial charge in [0.2, 0.25) is 0 Å². The third-order valence-corrected chi connectivity index (χ3v) is 3.69. The Labute approximate surface area is 116 Å². The number of ether oxygens (including phenoxy) is 1. The molecule has 2 heterocycles. The van der Waals surface area contributed by atoms with Gasteiger partial charge in [0.25, 0.3) is 0 Å². The maximum absolute atomic E-state index is 5.03. The van der Waals surface area contributed by atoms with Gasteiger partial charge in [0, 0.05) is 39.5 Å². The van der Waals surface area contributed by atoms with Gasteiger partial charge in [-0.3, -0.25) is 0 Å². The van der Waals surface area contributed by atoms with Gasteiger partial charge in [0.05, 0.1) is 18.6 Å². The lowest BCUT2D eigenvalue weighted by Gasteiger charge is -2.26. The van der Waals surface area contributed by atoms with E-state index in [0.29, 0.717) is 0 Å². The molecule has 1 saturated heterocycles. The van der Waals surface area contributed by atoms with Crippen LogP contribution >= 0.6 is 0 Å². The molecule has 1 aromatic rings. The topological polar surface area (TPSA) is 42.3 Å². The first-order valence-corrected chi connectivity index (χ1v) is 7.31. The number of hydrogen-bond acceptors (Lipinski definition) is 4. The number of nitrogens with one attached hydrogen (secondary N) is 1. The molecular weight excluding hydrogens is 240 g/mol. The highest BCUT2D eigenvalue weighted by molar-refractivity contribution is 4.98. The van der Waals surface area contributed by atoms with E-state index in [1.807, 2.05) is 12.5 Å². The zero-order chi connectivity index (χ0) is 13.3. The lowest BCUT2D eigenvalue weighted by molar-refractivity contribution is 0.198. The van der Waals surface area contributed by atoms with E-state index >= 15 is 0 Å². The Morgan fingerprint density at radius 3 is 2.89 bits per heavy atom. The number of rotatable bonds is 8. The van der Waals surface area contributed by atoms with Crippen LogP contribution in [0.4, 0.5) is 0 Å². The van der Waals surface area contributed by atoms with Crippen LogP contribution in [0, 0.1) is 0 Å². The number of hydrogen-bond donors (Lipinski definition) is 1. The van der Waals surface area contributed by atoms with Crippen LogP contribution in [-0.2, 0) is 17.8 Å². The Balaban J connectivity index is 1.72. The summed E-state index contributed by atoms with van der Waals surface area (Å²) >= 11 is 0. The molecule has 1 N–H and O–H groups in total. The number of aromatic nitrogens is 2. The number of imidazole rings is 1. The van der Waals surface area contributed by atoms with Crippen molar-refractivity contribution in [3.8, 4) is 0 Å². The molecule has 1 fully saturated rings. The molecule has 0 spiro atoms. The van der Waals surface area contributed by atoms with Gasteiger partial charge in [0.1, 0.15) is 0 Å². The number of methoxy groups -OCH3 is 1. The van der Waals surface area contributed by atoms with E-state index in [2.05, 4.69) is 19.8 Å². The Morgan fingerprint density at radius 2 is 2.11 bits per heavy atom. The largest absolute Gasteiger partial charge is 0.383 e. The standard InChI is InChI=1S/C14H26N4O/c1-19-10-5-15-11-14-12-16-13-18(14)9-8-17-6-3-2-4-7-17/h12-13,15H,2-11H2,1H3. The van der Waals surface area contributed by atoms with Gasteiger partial charge >= 0.3 is 0 Å². The monoisotopic (exact) mass is 266 g/mol. The smallest absolute Gasteiger partial charge is 0.0949 e. The maximum Gasteiger partial charge on any atom is 0.0949 e. The first kappa shape index (κ1) is 14.5. The molecule has 1 aliphatic rings. The zero-order valence-electron chi connectivity index (χ0n) is 12.0. The van der Waals surface area contributed by atoms with Crippen molar-refractivity contribution >= 4 is 0 Å². The SMILES string of the molecule is COCCNCc1cncn1CCN1CCCCC1. The van der Waals surface area contributed by atoms with E-state index < -0.39 is 0 Å². The molecule has 5 nitrogen and oxygen atoms in total. The second-order valence-corrected chi connectivity index (χ2v) is 5.15. The van der Waals surface area contributed by atoms with Crippen molar-refractivity contribution in [2.24, 2.45) is 0 Å². The minimum Gasteiger partial charge on any atom is -0.383 e. The molecule has 5 heteroatoms. The Morgan fingerprint density at radius 1 is 1.26 bits per heavy atom. The van der Waals surface area contributed by atoms with Crippen LogP contribution in [-0.4, -0.2) is 54.3 Å². The molecule has 0 aromatic carbocycles. The van der Waals surface area contributed by atoms with Crippen molar-refractivity contribution in [1.29, 1.82) is 0 Å². The fourth-order valence-corrected chi connectivity index (χ4v) is 2.52. The molecule has 0 saturated carbocycles. The summed E-state index contributed by atoms with van der Waals surface area (Å²) < 4.78 is 7.29. The summed E-state index contributed by atoms with van der Waals surface area (Å²) in [4.78, 5) is 6.82. The third-order valence-electron chi connectivity index (χ3n) is 3.69. The van der Waals surface area contributed by atoms with Crippen molar-refractivity contribution < 1.29 is 4.74 Å². The normalized spacial score (nSPS) is 16.9. The van der Waals surface area contributed by atoms with Crippen molar-refractivity contribution in [3.05, 3.63) is 18.2 Å². The molecule has 19 heavy (non-hydrogen) atoms. The van der Waals surface area contributed by atoms with Gasteiger partial charge in [-0.1, -0.05) is 6.42 Å². The molecule has 0 unspecified atom stereocenters. The zero-order valence-corrected chi connectivity index (χ0v) is 12.0. The third kappa shape index (κ3) is 4.93. The minimum absolute atomic E-state index is 0.752. The van der Waals surface area contributed by atoms with Crippen molar-refractivity contribution in [3.63, 3.8) is 0 Å². The summed E-state index contributed by atoms with van der Waals surface area (Å²) in [5, 5.41) is 3.37. The summed E-state index contributed by atoms with van der Waals surface area (Å²) in [6.07, 6.45) is 8.01. The maximum atomic E-state index is 5.03. The molecule has 0 bridgehead atoms. The van der Waals surface area contributed by atoms with Crippen LogP contribution < -0.4 is 5.32 Å². The number of nitrogens with zero attached hydrogens (tertiary/aromatic N) is 3. The molecule has 0 amide bonds. The molecular formula is C14H26N4O. The summed E-state index contributed by atoms with van der Waals surface area (Å²) in [7, 11) is 1.73. The molecule has 1 aromatic heterocycles. The average Bonchev–Trinajstić information content (AvgIpc) is 2.90. The van der Waals surface area contributed by atoms with Crippen molar-refractivity contribution in [1.82, 2.24) is 19.8 Å². The van der Waals surface area contributed by atoms with Gasteiger partial charge in [-0.15, -0.1) is 0 Å². The lowest BCUT2D eigenvalue weighted by atomic mass is 10.1. The van der Waals surface area contributed by atoms with Crippen LogP contribution in [0.15, 0.2) is 12.5 Å². The van der Waals surface area contributed by atoms with Crippen LogP contribution in [0.1, 0.15) is 25.0 Å². The first-order valence-electron chi connectivity index (χ1n) is 7.31. The second-order valence-electron chi connectivity index (χ2n) is 5.15. The minimum atomic E-state index is 0.752. The van der Waals surface area contributed by atoms with Crippen LogP contribution in [0.25, 0.3) is 0 Å². The van der Waals surface area contributed by atoms with E-state index in [9.17, 15) is 0 Å². The van der Waals surface area contributed by atoms with Crippen LogP contribution in [0.5, 0.6) is 0 Å². The van der Waals surface area contributed by atoms with Gasteiger partial charge < -0.3 is 19.5 Å². The predicted molar refractivity (Wildman–Crippen MR) is 76.1 cm³/mol. The highest BCUT2D eigenvalue weighted by Gasteiger charge is 2.10. The van der Waals surface area contributed by atoms with E-state index in [1.165, 1.54) is 38.0 Å². The molecule has 108 valence electrons. The molecule has 2 rings (SSSR count).